The molecule has 0 atom stereocenters. The molecule has 134 valence electrons. The topological polar surface area (TPSA) is 47.5 Å². The number of hydrogen-bond acceptors (Lipinski definition) is 5. The largest absolute Gasteiger partial charge is 0.493 e. The molecule has 3 aromatic rings. The van der Waals surface area contributed by atoms with Gasteiger partial charge in [0, 0.05) is 23.7 Å². The predicted octanol–water partition coefficient (Wildman–Crippen LogP) is 4.51. The van der Waals surface area contributed by atoms with E-state index in [1.54, 1.807) is 20.5 Å². The first-order chi connectivity index (χ1) is 12.8. The number of benzene rings is 2. The summed E-state index contributed by atoms with van der Waals surface area (Å²) in [5, 5.41) is 0.973. The van der Waals surface area contributed by atoms with Crippen LogP contribution in [0.4, 0.5) is 11.5 Å². The number of anilines is 2. The first-order valence-corrected chi connectivity index (χ1v) is 9.04. The summed E-state index contributed by atoms with van der Waals surface area (Å²) in [4.78, 5) is 11.4. The van der Waals surface area contributed by atoms with E-state index in [-0.39, 0.29) is 0 Å². The van der Waals surface area contributed by atoms with Gasteiger partial charge in [0.2, 0.25) is 0 Å². The Hall–Kier alpha value is -2.82. The van der Waals surface area contributed by atoms with E-state index in [0.717, 1.165) is 36.1 Å². The molecule has 2 heterocycles. The van der Waals surface area contributed by atoms with Gasteiger partial charge in [0.1, 0.15) is 12.1 Å². The van der Waals surface area contributed by atoms with Crippen molar-refractivity contribution < 1.29 is 9.47 Å². The molecule has 1 aliphatic rings. The van der Waals surface area contributed by atoms with E-state index in [1.807, 2.05) is 12.1 Å². The third-order valence-corrected chi connectivity index (χ3v) is 4.99. The van der Waals surface area contributed by atoms with Crippen molar-refractivity contribution in [3.8, 4) is 11.5 Å². The van der Waals surface area contributed by atoms with Gasteiger partial charge in [-0.15, -0.1) is 0 Å². The number of rotatable bonds is 3. The van der Waals surface area contributed by atoms with Crippen LogP contribution >= 0.6 is 0 Å². The number of aromatic nitrogens is 2. The van der Waals surface area contributed by atoms with Crippen LogP contribution in [0.1, 0.15) is 24.8 Å². The van der Waals surface area contributed by atoms with Crippen molar-refractivity contribution in [1.82, 2.24) is 9.97 Å². The lowest BCUT2D eigenvalue weighted by atomic mass is 10.0. The Morgan fingerprint density at radius 2 is 1.73 bits per heavy atom. The molecular formula is C21H23N3O2. The lowest BCUT2D eigenvalue weighted by Gasteiger charge is -2.29. The minimum atomic E-state index is 0.678. The molecule has 5 nitrogen and oxygen atoms in total. The maximum Gasteiger partial charge on any atom is 0.162 e. The van der Waals surface area contributed by atoms with Gasteiger partial charge in [-0.05, 0) is 37.0 Å². The highest BCUT2D eigenvalue weighted by atomic mass is 16.5. The molecule has 0 unspecified atom stereocenters. The second-order valence-electron chi connectivity index (χ2n) is 6.51. The molecule has 0 radical (unpaired) electrons. The Morgan fingerprint density at radius 1 is 0.923 bits per heavy atom. The zero-order chi connectivity index (χ0) is 17.9. The van der Waals surface area contributed by atoms with Crippen LogP contribution in [0.3, 0.4) is 0 Å². The van der Waals surface area contributed by atoms with Crippen LogP contribution in [0, 0.1) is 0 Å². The average Bonchev–Trinajstić information content (AvgIpc) is 2.67. The first kappa shape index (κ1) is 16.6. The first-order valence-electron chi connectivity index (χ1n) is 9.04. The molecule has 4 rings (SSSR count). The summed E-state index contributed by atoms with van der Waals surface area (Å²) >= 11 is 0. The minimum absolute atomic E-state index is 0.678. The van der Waals surface area contributed by atoms with E-state index in [1.165, 1.54) is 24.1 Å². The molecule has 0 saturated carbocycles. The third-order valence-electron chi connectivity index (χ3n) is 4.99. The number of fused-ring (bicyclic) bond motifs is 2. The molecule has 5 heteroatoms. The van der Waals surface area contributed by atoms with Crippen molar-refractivity contribution in [1.29, 1.82) is 0 Å². The maximum atomic E-state index is 5.50. The van der Waals surface area contributed by atoms with Gasteiger partial charge in [-0.1, -0.05) is 24.6 Å². The number of hydrogen-bond donors (Lipinski definition) is 0. The standard InChI is InChI=1S/C21H23N3O2/c1-25-19-12-16-17(13-20(19)26-2)22-14-23-21(16)24-11-7-3-4-8-15-9-5-6-10-18(15)24/h5-6,9-10,12-14H,3-4,7-8,11H2,1-2H3. The Balaban J connectivity index is 1.91. The minimum Gasteiger partial charge on any atom is -0.493 e. The van der Waals surface area contributed by atoms with Crippen LogP contribution in [0.15, 0.2) is 42.7 Å². The third kappa shape index (κ3) is 2.94. The van der Waals surface area contributed by atoms with Gasteiger partial charge in [0.15, 0.2) is 11.5 Å². The number of para-hydroxylation sites is 1. The summed E-state index contributed by atoms with van der Waals surface area (Å²) in [6.45, 7) is 0.942. The van der Waals surface area contributed by atoms with Gasteiger partial charge < -0.3 is 14.4 Å². The van der Waals surface area contributed by atoms with Gasteiger partial charge in [0.05, 0.1) is 19.7 Å². The molecule has 2 aromatic carbocycles. The van der Waals surface area contributed by atoms with Gasteiger partial charge in [0.25, 0.3) is 0 Å². The van der Waals surface area contributed by atoms with E-state index < -0.39 is 0 Å². The predicted molar refractivity (Wildman–Crippen MR) is 104 cm³/mol. The monoisotopic (exact) mass is 349 g/mol. The Labute approximate surface area is 153 Å². The summed E-state index contributed by atoms with van der Waals surface area (Å²) in [6.07, 6.45) is 6.34. The Bertz CT molecular complexity index is 926. The average molecular weight is 349 g/mol. The molecule has 0 bridgehead atoms. The van der Waals surface area contributed by atoms with Crippen molar-refractivity contribution in [2.45, 2.75) is 25.7 Å². The lowest BCUT2D eigenvalue weighted by Crippen LogP contribution is -2.23. The molecule has 0 amide bonds. The Kier molecular flexibility index (Phi) is 4.61. The quantitative estimate of drug-likeness (QED) is 0.696. The number of methoxy groups -OCH3 is 2. The van der Waals surface area contributed by atoms with Crippen LogP contribution in [0.2, 0.25) is 0 Å². The molecule has 26 heavy (non-hydrogen) atoms. The van der Waals surface area contributed by atoms with Crippen molar-refractivity contribution in [2.24, 2.45) is 0 Å². The van der Waals surface area contributed by atoms with Gasteiger partial charge in [-0.3, -0.25) is 0 Å². The van der Waals surface area contributed by atoms with Crippen molar-refractivity contribution in [3.05, 3.63) is 48.3 Å². The van der Waals surface area contributed by atoms with Gasteiger partial charge in [-0.25, -0.2) is 9.97 Å². The van der Waals surface area contributed by atoms with E-state index >= 15 is 0 Å². The smallest absolute Gasteiger partial charge is 0.162 e. The van der Waals surface area contributed by atoms with Crippen LogP contribution < -0.4 is 14.4 Å². The van der Waals surface area contributed by atoms with Crippen LogP contribution in [0.5, 0.6) is 11.5 Å². The van der Waals surface area contributed by atoms with Gasteiger partial charge in [-0.2, -0.15) is 0 Å². The summed E-state index contributed by atoms with van der Waals surface area (Å²) < 4.78 is 10.9. The number of aryl methyl sites for hydroxylation is 1. The highest BCUT2D eigenvalue weighted by Gasteiger charge is 2.20. The SMILES string of the molecule is COc1cc2ncnc(N3CCCCCc4ccccc43)c2cc1OC. The van der Waals surface area contributed by atoms with E-state index in [4.69, 9.17) is 9.47 Å². The Morgan fingerprint density at radius 3 is 2.58 bits per heavy atom. The second kappa shape index (κ2) is 7.20. The van der Waals surface area contributed by atoms with Crippen molar-refractivity contribution in [2.75, 3.05) is 25.7 Å². The lowest BCUT2D eigenvalue weighted by molar-refractivity contribution is 0.356. The maximum absolute atomic E-state index is 5.50. The van der Waals surface area contributed by atoms with Crippen LogP contribution in [-0.2, 0) is 6.42 Å². The van der Waals surface area contributed by atoms with Crippen LogP contribution in [-0.4, -0.2) is 30.7 Å². The molecular weight excluding hydrogens is 326 g/mol. The fourth-order valence-electron chi connectivity index (χ4n) is 3.67. The summed E-state index contributed by atoms with van der Waals surface area (Å²) in [7, 11) is 3.29. The second-order valence-corrected chi connectivity index (χ2v) is 6.51. The van der Waals surface area contributed by atoms with Crippen molar-refractivity contribution in [3.63, 3.8) is 0 Å². The molecule has 1 aliphatic heterocycles. The fourth-order valence-corrected chi connectivity index (χ4v) is 3.67. The van der Waals surface area contributed by atoms with E-state index in [0.29, 0.717) is 11.5 Å². The molecule has 0 fully saturated rings. The summed E-state index contributed by atoms with van der Waals surface area (Å²) in [5.41, 5.74) is 3.47. The van der Waals surface area contributed by atoms with E-state index in [2.05, 4.69) is 39.1 Å². The summed E-state index contributed by atoms with van der Waals surface area (Å²) in [5.74, 6) is 2.29. The van der Waals surface area contributed by atoms with Crippen molar-refractivity contribution >= 4 is 22.4 Å². The number of ether oxygens (including phenoxy) is 2. The van der Waals surface area contributed by atoms with E-state index in [9.17, 15) is 0 Å². The zero-order valence-corrected chi connectivity index (χ0v) is 15.2. The molecule has 0 spiro atoms. The normalized spacial score (nSPS) is 14.5. The highest BCUT2D eigenvalue weighted by Crippen LogP contribution is 2.38. The zero-order valence-electron chi connectivity index (χ0n) is 15.2. The summed E-state index contributed by atoms with van der Waals surface area (Å²) in [6, 6.07) is 12.5. The highest BCUT2D eigenvalue weighted by molar-refractivity contribution is 5.94. The molecule has 1 aromatic heterocycles. The molecule has 0 N–H and O–H groups in total. The van der Waals surface area contributed by atoms with Crippen LogP contribution in [0.25, 0.3) is 10.9 Å². The molecule has 0 aliphatic carbocycles. The number of nitrogens with zero attached hydrogens (tertiary/aromatic N) is 3. The van der Waals surface area contributed by atoms with Gasteiger partial charge >= 0.3 is 0 Å². The molecule has 0 saturated heterocycles. The fraction of sp³-hybridized carbons (Fsp3) is 0.333.